The van der Waals surface area contributed by atoms with Crippen molar-refractivity contribution < 1.29 is 0 Å². The summed E-state index contributed by atoms with van der Waals surface area (Å²) in [6, 6.07) is 4.09. The van der Waals surface area contributed by atoms with Crippen LogP contribution < -0.4 is 4.90 Å². The summed E-state index contributed by atoms with van der Waals surface area (Å²) in [5.74, 6) is 0.716. The first kappa shape index (κ1) is 14.1. The number of nitrogens with one attached hydrogen (secondary N) is 1. The van der Waals surface area contributed by atoms with E-state index in [1.807, 2.05) is 25.5 Å². The highest BCUT2D eigenvalue weighted by Gasteiger charge is 2.20. The van der Waals surface area contributed by atoms with Gasteiger partial charge in [-0.2, -0.15) is 10.2 Å². The summed E-state index contributed by atoms with van der Waals surface area (Å²) in [5.41, 5.74) is 5.77. The molecule has 25 heavy (non-hydrogen) atoms. The van der Waals surface area contributed by atoms with Crippen LogP contribution in [-0.4, -0.2) is 41.5 Å². The Bertz CT molecular complexity index is 1060. The number of H-pyrrole nitrogens is 1. The van der Waals surface area contributed by atoms with Gasteiger partial charge in [0, 0.05) is 50.2 Å². The predicted octanol–water partition coefficient (Wildman–Crippen LogP) is 1.71. The van der Waals surface area contributed by atoms with Gasteiger partial charge in [-0.25, -0.2) is 9.97 Å². The lowest BCUT2D eigenvalue weighted by Crippen LogP contribution is -2.32. The third-order valence-corrected chi connectivity index (χ3v) is 4.51. The summed E-state index contributed by atoms with van der Waals surface area (Å²) < 4.78 is 1.76. The maximum absolute atomic E-state index is 4.78. The molecule has 0 aromatic carbocycles. The first-order valence-electron chi connectivity index (χ1n) is 8.16. The van der Waals surface area contributed by atoms with Gasteiger partial charge in [-0.3, -0.25) is 14.8 Å². The fourth-order valence-electron chi connectivity index (χ4n) is 3.24. The summed E-state index contributed by atoms with van der Waals surface area (Å²) in [6.07, 6.45) is 8.27. The minimum atomic E-state index is 0.716. The molecule has 1 aliphatic heterocycles. The molecular formula is C17H16N8. The zero-order valence-electron chi connectivity index (χ0n) is 13.7. The van der Waals surface area contributed by atoms with E-state index in [0.29, 0.717) is 5.95 Å². The van der Waals surface area contributed by atoms with E-state index in [-0.39, 0.29) is 0 Å². The van der Waals surface area contributed by atoms with E-state index in [2.05, 4.69) is 36.2 Å². The lowest BCUT2D eigenvalue weighted by Gasteiger charge is -2.27. The highest BCUT2D eigenvalue weighted by Crippen LogP contribution is 2.27. The Morgan fingerprint density at radius 2 is 2.16 bits per heavy atom. The average Bonchev–Trinajstić information content (AvgIpc) is 3.26. The molecule has 5 heterocycles. The highest BCUT2D eigenvalue weighted by molar-refractivity contribution is 5.89. The van der Waals surface area contributed by atoms with Gasteiger partial charge in [-0.1, -0.05) is 6.07 Å². The summed E-state index contributed by atoms with van der Waals surface area (Å²) in [7, 11) is 1.89. The van der Waals surface area contributed by atoms with E-state index >= 15 is 0 Å². The Morgan fingerprint density at radius 1 is 1.20 bits per heavy atom. The molecule has 4 aromatic heterocycles. The van der Waals surface area contributed by atoms with Crippen LogP contribution in [0.2, 0.25) is 0 Å². The van der Waals surface area contributed by atoms with Gasteiger partial charge in [0.25, 0.3) is 0 Å². The van der Waals surface area contributed by atoms with Crippen molar-refractivity contribution in [2.75, 3.05) is 11.4 Å². The van der Waals surface area contributed by atoms with E-state index in [4.69, 9.17) is 4.98 Å². The molecule has 1 N–H and O–H groups in total. The van der Waals surface area contributed by atoms with Crippen molar-refractivity contribution in [3.63, 3.8) is 0 Å². The van der Waals surface area contributed by atoms with E-state index < -0.39 is 0 Å². The predicted molar refractivity (Wildman–Crippen MR) is 92.9 cm³/mol. The summed E-state index contributed by atoms with van der Waals surface area (Å²) in [4.78, 5) is 15.9. The van der Waals surface area contributed by atoms with Gasteiger partial charge >= 0.3 is 0 Å². The summed E-state index contributed by atoms with van der Waals surface area (Å²) in [6.45, 7) is 1.63. The molecule has 0 amide bonds. The molecule has 8 nitrogen and oxygen atoms in total. The lowest BCUT2D eigenvalue weighted by atomic mass is 10.1. The molecule has 124 valence electrons. The zero-order valence-corrected chi connectivity index (χ0v) is 13.7. The van der Waals surface area contributed by atoms with Crippen LogP contribution in [-0.2, 0) is 20.0 Å². The molecular weight excluding hydrogens is 316 g/mol. The molecule has 0 radical (unpaired) electrons. The minimum Gasteiger partial charge on any atom is -0.336 e. The van der Waals surface area contributed by atoms with Gasteiger partial charge < -0.3 is 4.90 Å². The Hall–Kier alpha value is -3.29. The molecule has 4 aromatic rings. The van der Waals surface area contributed by atoms with E-state index in [0.717, 1.165) is 41.8 Å². The quantitative estimate of drug-likeness (QED) is 0.601. The van der Waals surface area contributed by atoms with Crippen molar-refractivity contribution in [2.24, 2.45) is 7.05 Å². The first-order chi connectivity index (χ1) is 12.3. The van der Waals surface area contributed by atoms with Gasteiger partial charge in [0.15, 0.2) is 0 Å². The molecule has 0 saturated carbocycles. The van der Waals surface area contributed by atoms with Crippen LogP contribution in [0.15, 0.2) is 36.9 Å². The number of nitrogens with zero attached hydrogens (tertiary/aromatic N) is 7. The fourth-order valence-corrected chi connectivity index (χ4v) is 3.24. The molecule has 1 aliphatic rings. The van der Waals surface area contributed by atoms with Crippen LogP contribution in [0.3, 0.4) is 0 Å². The van der Waals surface area contributed by atoms with Crippen molar-refractivity contribution in [3.8, 4) is 11.3 Å². The largest absolute Gasteiger partial charge is 0.336 e. The van der Waals surface area contributed by atoms with Crippen LogP contribution >= 0.6 is 0 Å². The second kappa shape index (κ2) is 5.37. The number of aromatic amines is 1. The van der Waals surface area contributed by atoms with Gasteiger partial charge in [-0.05, 0) is 11.6 Å². The van der Waals surface area contributed by atoms with Crippen molar-refractivity contribution in [2.45, 2.75) is 13.0 Å². The summed E-state index contributed by atoms with van der Waals surface area (Å²) in [5, 5.41) is 11.6. The van der Waals surface area contributed by atoms with E-state index in [1.165, 1.54) is 11.3 Å². The number of hydrogen-bond donors (Lipinski definition) is 1. The van der Waals surface area contributed by atoms with E-state index in [9.17, 15) is 0 Å². The van der Waals surface area contributed by atoms with Crippen LogP contribution in [0.5, 0.6) is 0 Å². The van der Waals surface area contributed by atoms with Crippen LogP contribution in [0.4, 0.5) is 5.95 Å². The lowest BCUT2D eigenvalue weighted by molar-refractivity contribution is 0.693. The zero-order chi connectivity index (χ0) is 16.8. The Labute approximate surface area is 143 Å². The number of pyridine rings is 1. The standard InChI is InChI=1S/C17H16N8/c1-24-9-12(7-20-24)15-16-14(22-23-15)8-19-17(21-16)25-6-4-13-11(10-25)3-2-5-18-13/h2-3,5,7-9H,4,6,10H2,1H3,(H,22,23). The first-order valence-corrected chi connectivity index (χ1v) is 8.16. The van der Waals surface area contributed by atoms with Gasteiger partial charge in [0.05, 0.1) is 12.4 Å². The normalized spacial score (nSPS) is 14.0. The molecule has 0 bridgehead atoms. The average molecular weight is 332 g/mol. The Kier molecular flexibility index (Phi) is 3.03. The minimum absolute atomic E-state index is 0.716. The number of fused-ring (bicyclic) bond motifs is 2. The topological polar surface area (TPSA) is 88.4 Å². The second-order valence-electron chi connectivity index (χ2n) is 6.19. The maximum Gasteiger partial charge on any atom is 0.226 e. The SMILES string of the molecule is Cn1cc(-c2n[nH]c3cnc(N4CCc5ncccc5C4)nc23)cn1. The molecule has 0 spiro atoms. The molecule has 0 atom stereocenters. The second-order valence-corrected chi connectivity index (χ2v) is 6.19. The van der Waals surface area contributed by atoms with Crippen LogP contribution in [0, 0.1) is 0 Å². The third kappa shape index (κ3) is 2.34. The molecule has 0 aliphatic carbocycles. The molecule has 5 rings (SSSR count). The molecule has 0 unspecified atom stereocenters. The number of aromatic nitrogens is 7. The van der Waals surface area contributed by atoms with Crippen molar-refractivity contribution >= 4 is 17.0 Å². The summed E-state index contributed by atoms with van der Waals surface area (Å²) >= 11 is 0. The number of anilines is 1. The van der Waals surface area contributed by atoms with Crippen molar-refractivity contribution in [1.29, 1.82) is 0 Å². The maximum atomic E-state index is 4.78. The molecule has 0 fully saturated rings. The van der Waals surface area contributed by atoms with Crippen LogP contribution in [0.25, 0.3) is 22.3 Å². The number of hydrogen-bond acceptors (Lipinski definition) is 6. The van der Waals surface area contributed by atoms with Gasteiger partial charge in [-0.15, -0.1) is 0 Å². The Balaban J connectivity index is 1.55. The molecule has 0 saturated heterocycles. The van der Waals surface area contributed by atoms with E-state index in [1.54, 1.807) is 17.1 Å². The molecule has 8 heteroatoms. The van der Waals surface area contributed by atoms with Gasteiger partial charge in [0.2, 0.25) is 5.95 Å². The van der Waals surface area contributed by atoms with Crippen LogP contribution in [0.1, 0.15) is 11.3 Å². The smallest absolute Gasteiger partial charge is 0.226 e. The Morgan fingerprint density at radius 3 is 3.04 bits per heavy atom. The monoisotopic (exact) mass is 332 g/mol. The third-order valence-electron chi connectivity index (χ3n) is 4.51. The van der Waals surface area contributed by atoms with Crippen molar-refractivity contribution in [1.82, 2.24) is 34.9 Å². The van der Waals surface area contributed by atoms with Crippen molar-refractivity contribution in [3.05, 3.63) is 48.2 Å². The fraction of sp³-hybridized carbons (Fsp3) is 0.235. The highest BCUT2D eigenvalue weighted by atomic mass is 15.3. The number of aryl methyl sites for hydroxylation is 1. The number of rotatable bonds is 2. The van der Waals surface area contributed by atoms with Gasteiger partial charge in [0.1, 0.15) is 16.7 Å².